The number of esters is 1. The smallest absolute Gasteiger partial charge is 0.325 e. The van der Waals surface area contributed by atoms with Crippen LogP contribution in [-0.4, -0.2) is 26.1 Å². The zero-order chi connectivity index (χ0) is 18.9. The highest BCUT2D eigenvalue weighted by Crippen LogP contribution is 2.21. The fourth-order valence-electron chi connectivity index (χ4n) is 2.26. The van der Waals surface area contributed by atoms with Crippen LogP contribution in [0.3, 0.4) is 0 Å². The van der Waals surface area contributed by atoms with Crippen LogP contribution in [0.4, 0.5) is 8.78 Å². The highest BCUT2D eigenvalue weighted by molar-refractivity contribution is 7.90. The van der Waals surface area contributed by atoms with Gasteiger partial charge in [0.25, 0.3) is 10.0 Å². The second-order valence-electron chi connectivity index (χ2n) is 5.15. The average Bonchev–Trinajstić information content (AvgIpc) is 2.93. The van der Waals surface area contributed by atoms with Gasteiger partial charge in [0.2, 0.25) is 4.80 Å². The molecule has 0 saturated heterocycles. The Labute approximate surface area is 151 Å². The van der Waals surface area contributed by atoms with Crippen LogP contribution in [0.2, 0.25) is 0 Å². The van der Waals surface area contributed by atoms with E-state index in [4.69, 9.17) is 0 Å². The Morgan fingerprint density at radius 3 is 2.54 bits per heavy atom. The van der Waals surface area contributed by atoms with E-state index in [1.807, 2.05) is 0 Å². The highest BCUT2D eigenvalue weighted by atomic mass is 32.2. The van der Waals surface area contributed by atoms with Crippen molar-refractivity contribution >= 4 is 37.5 Å². The Morgan fingerprint density at radius 2 is 1.88 bits per heavy atom. The monoisotopic (exact) mass is 398 g/mol. The van der Waals surface area contributed by atoms with Crippen LogP contribution in [-0.2, 0) is 26.1 Å². The summed E-state index contributed by atoms with van der Waals surface area (Å²) in [4.78, 5) is 11.3. The lowest BCUT2D eigenvalue weighted by Gasteiger charge is -2.04. The first-order valence-corrected chi connectivity index (χ1v) is 9.49. The molecular weight excluding hydrogens is 386 g/mol. The fourth-order valence-corrected chi connectivity index (χ4v) is 4.51. The van der Waals surface area contributed by atoms with E-state index in [1.54, 1.807) is 6.07 Å². The van der Waals surface area contributed by atoms with Crippen molar-refractivity contribution in [3.63, 3.8) is 0 Å². The number of carbonyl (C=O) groups excluding carboxylic acids is 1. The number of halogens is 2. The van der Waals surface area contributed by atoms with Crippen LogP contribution >= 0.6 is 11.3 Å². The number of thiazole rings is 1. The summed E-state index contributed by atoms with van der Waals surface area (Å²) in [7, 11) is -3.02. The summed E-state index contributed by atoms with van der Waals surface area (Å²) < 4.78 is 62.0. The normalized spacial score (nSPS) is 12.5. The van der Waals surface area contributed by atoms with Crippen molar-refractivity contribution in [2.75, 3.05) is 7.11 Å². The molecule has 0 N–H and O–H groups in total. The lowest BCUT2D eigenvalue weighted by Crippen LogP contribution is -2.23. The summed E-state index contributed by atoms with van der Waals surface area (Å²) in [6.07, 6.45) is 0. The third-order valence-electron chi connectivity index (χ3n) is 3.48. The van der Waals surface area contributed by atoms with Crippen molar-refractivity contribution in [3.8, 4) is 0 Å². The van der Waals surface area contributed by atoms with Crippen molar-refractivity contribution in [2.45, 2.75) is 11.4 Å². The third kappa shape index (κ3) is 3.51. The highest BCUT2D eigenvalue weighted by Gasteiger charge is 2.18. The largest absolute Gasteiger partial charge is 0.468 e. The second kappa shape index (κ2) is 6.96. The average molecular weight is 398 g/mol. The van der Waals surface area contributed by atoms with Crippen molar-refractivity contribution in [1.82, 2.24) is 4.57 Å². The number of para-hydroxylation sites is 1. The number of fused-ring (bicyclic) bond motifs is 1. The van der Waals surface area contributed by atoms with Crippen LogP contribution < -0.4 is 4.80 Å². The maximum atomic E-state index is 14.2. The number of carbonyl (C=O) groups is 1. The molecule has 0 spiro atoms. The number of aromatic nitrogens is 1. The van der Waals surface area contributed by atoms with Gasteiger partial charge in [-0.05, 0) is 36.4 Å². The molecule has 0 aliphatic carbocycles. The number of ether oxygens (including phenoxy) is 1. The first kappa shape index (κ1) is 18.2. The minimum Gasteiger partial charge on any atom is -0.468 e. The van der Waals surface area contributed by atoms with Crippen molar-refractivity contribution < 1.29 is 26.7 Å². The lowest BCUT2D eigenvalue weighted by atomic mass is 10.3. The summed E-state index contributed by atoms with van der Waals surface area (Å²) in [5.74, 6) is -1.90. The van der Waals surface area contributed by atoms with Gasteiger partial charge in [-0.1, -0.05) is 17.4 Å². The molecule has 136 valence electrons. The molecular formula is C16H12F2N2O4S2. The van der Waals surface area contributed by atoms with E-state index in [0.29, 0.717) is 4.70 Å². The molecule has 26 heavy (non-hydrogen) atoms. The fraction of sp³-hybridized carbons (Fsp3) is 0.125. The van der Waals surface area contributed by atoms with Crippen LogP contribution in [0.5, 0.6) is 0 Å². The molecule has 6 nitrogen and oxygen atoms in total. The molecule has 0 aliphatic heterocycles. The van der Waals surface area contributed by atoms with Gasteiger partial charge in [0, 0.05) is 0 Å². The molecule has 1 aromatic heterocycles. The summed E-state index contributed by atoms with van der Waals surface area (Å²) in [6.45, 7) is -0.408. The minimum absolute atomic E-state index is 0.0518. The molecule has 0 saturated carbocycles. The van der Waals surface area contributed by atoms with Gasteiger partial charge in [0.05, 0.1) is 22.2 Å². The Bertz CT molecular complexity index is 1150. The van der Waals surface area contributed by atoms with Crippen LogP contribution in [0.15, 0.2) is 51.8 Å². The Balaban J connectivity index is 2.24. The molecule has 0 radical (unpaired) electrons. The number of nitrogens with zero attached hydrogens (tertiary/aromatic N) is 2. The van der Waals surface area contributed by atoms with Gasteiger partial charge in [-0.25, -0.2) is 8.78 Å². The van der Waals surface area contributed by atoms with Crippen molar-refractivity contribution in [1.29, 1.82) is 0 Å². The molecule has 0 unspecified atom stereocenters. The van der Waals surface area contributed by atoms with Crippen molar-refractivity contribution in [2.24, 2.45) is 4.40 Å². The van der Waals surface area contributed by atoms with Crippen molar-refractivity contribution in [3.05, 3.63) is 58.9 Å². The van der Waals surface area contributed by atoms with Gasteiger partial charge in [-0.3, -0.25) is 4.79 Å². The van der Waals surface area contributed by atoms with Gasteiger partial charge in [0.1, 0.15) is 18.2 Å². The number of methoxy groups -OCH3 is 1. The number of hydrogen-bond donors (Lipinski definition) is 0. The zero-order valence-corrected chi connectivity index (χ0v) is 15.0. The summed E-state index contributed by atoms with van der Waals surface area (Å²) >= 11 is 0.911. The maximum Gasteiger partial charge on any atom is 0.325 e. The third-order valence-corrected chi connectivity index (χ3v) is 5.92. The Morgan fingerprint density at radius 1 is 1.19 bits per heavy atom. The SMILES string of the molecule is COC(=O)Cn1/c(=N/S(=O)(=O)c2ccc(F)cc2)sc2cccc(F)c21. The van der Waals surface area contributed by atoms with Gasteiger partial charge < -0.3 is 9.30 Å². The maximum absolute atomic E-state index is 14.2. The predicted octanol–water partition coefficient (Wildman–Crippen LogP) is 2.44. The van der Waals surface area contributed by atoms with Gasteiger partial charge >= 0.3 is 5.97 Å². The van der Waals surface area contributed by atoms with E-state index in [2.05, 4.69) is 9.13 Å². The first-order chi connectivity index (χ1) is 12.3. The van der Waals surface area contributed by atoms with Crippen LogP contribution in [0.1, 0.15) is 0 Å². The van der Waals surface area contributed by atoms with E-state index in [0.717, 1.165) is 40.2 Å². The molecule has 0 amide bonds. The van der Waals surface area contributed by atoms with E-state index in [-0.39, 0.29) is 15.2 Å². The quantitative estimate of drug-likeness (QED) is 0.633. The summed E-state index contributed by atoms with van der Waals surface area (Å²) in [6, 6.07) is 8.39. The molecule has 10 heteroatoms. The molecule has 0 atom stereocenters. The van der Waals surface area contributed by atoms with E-state index < -0.39 is 34.2 Å². The Hall–Kier alpha value is -2.59. The zero-order valence-electron chi connectivity index (χ0n) is 13.3. The van der Waals surface area contributed by atoms with Gasteiger partial charge in [-0.2, -0.15) is 8.42 Å². The summed E-state index contributed by atoms with van der Waals surface area (Å²) in [5.41, 5.74) is 0.0518. The summed E-state index contributed by atoms with van der Waals surface area (Å²) in [5, 5.41) is 0. The molecule has 3 aromatic rings. The van der Waals surface area contributed by atoms with Gasteiger partial charge in [0.15, 0.2) is 0 Å². The molecule has 3 rings (SSSR count). The molecule has 0 aliphatic rings. The predicted molar refractivity (Wildman–Crippen MR) is 90.9 cm³/mol. The van der Waals surface area contributed by atoms with Crippen LogP contribution in [0, 0.1) is 11.6 Å². The Kier molecular flexibility index (Phi) is 4.88. The topological polar surface area (TPSA) is 77.7 Å². The number of hydrogen-bond acceptors (Lipinski definition) is 5. The molecule has 2 aromatic carbocycles. The standard InChI is InChI=1S/C16H12F2N2O4S2/c1-24-14(21)9-20-15-12(18)3-2-4-13(15)25-16(20)19-26(22,23)11-7-5-10(17)6-8-11/h2-8H,9H2,1H3/b19-16-. The van der Waals surface area contributed by atoms with E-state index in [9.17, 15) is 22.0 Å². The number of sulfonamides is 1. The molecule has 0 fully saturated rings. The van der Waals surface area contributed by atoms with Crippen LogP contribution in [0.25, 0.3) is 10.2 Å². The van der Waals surface area contributed by atoms with E-state index in [1.165, 1.54) is 19.2 Å². The van der Waals surface area contributed by atoms with E-state index >= 15 is 0 Å². The molecule has 0 bridgehead atoms. The number of rotatable bonds is 4. The molecule has 1 heterocycles. The number of benzene rings is 2. The lowest BCUT2D eigenvalue weighted by molar-refractivity contribution is -0.141. The second-order valence-corrected chi connectivity index (χ2v) is 7.77. The van der Waals surface area contributed by atoms with Gasteiger partial charge in [-0.15, -0.1) is 4.40 Å². The first-order valence-electron chi connectivity index (χ1n) is 7.23. The minimum atomic E-state index is -4.18.